The van der Waals surface area contributed by atoms with Crippen LogP contribution >= 0.6 is 0 Å². The third-order valence-corrected chi connectivity index (χ3v) is 6.29. The van der Waals surface area contributed by atoms with E-state index < -0.39 is 0 Å². The molecule has 24 heavy (non-hydrogen) atoms. The van der Waals surface area contributed by atoms with Crippen LogP contribution < -0.4 is 10.5 Å². The molecule has 2 aromatic rings. The van der Waals surface area contributed by atoms with E-state index in [2.05, 4.69) is 29.4 Å². The van der Waals surface area contributed by atoms with Crippen LogP contribution in [0.5, 0.6) is 5.75 Å². The SMILES string of the molecule is COc1cc(C2CCC3CCCCC3C2)c(-c2cc[nH]c2)cc1N. The van der Waals surface area contributed by atoms with Gasteiger partial charge in [0, 0.05) is 12.4 Å². The summed E-state index contributed by atoms with van der Waals surface area (Å²) in [5.41, 5.74) is 10.9. The van der Waals surface area contributed by atoms with Crippen LogP contribution in [0.1, 0.15) is 56.4 Å². The van der Waals surface area contributed by atoms with Crippen LogP contribution in [-0.2, 0) is 0 Å². The molecule has 0 amide bonds. The molecule has 0 bridgehead atoms. The molecule has 0 spiro atoms. The van der Waals surface area contributed by atoms with Gasteiger partial charge in [0.1, 0.15) is 5.75 Å². The van der Waals surface area contributed by atoms with Crippen LogP contribution in [0.15, 0.2) is 30.6 Å². The molecule has 1 heterocycles. The number of anilines is 1. The molecule has 2 fully saturated rings. The highest BCUT2D eigenvalue weighted by atomic mass is 16.5. The van der Waals surface area contributed by atoms with Crippen molar-refractivity contribution in [3.05, 3.63) is 36.2 Å². The number of aromatic amines is 1. The number of rotatable bonds is 3. The Balaban J connectivity index is 1.70. The van der Waals surface area contributed by atoms with Gasteiger partial charge in [-0.25, -0.2) is 0 Å². The van der Waals surface area contributed by atoms with Crippen LogP contribution in [0.2, 0.25) is 0 Å². The van der Waals surface area contributed by atoms with E-state index in [9.17, 15) is 0 Å². The Labute approximate surface area is 144 Å². The van der Waals surface area contributed by atoms with Crippen LogP contribution in [0.25, 0.3) is 11.1 Å². The van der Waals surface area contributed by atoms with Crippen molar-refractivity contribution in [1.29, 1.82) is 0 Å². The number of methoxy groups -OCH3 is 1. The smallest absolute Gasteiger partial charge is 0.142 e. The Morgan fingerprint density at radius 3 is 2.67 bits per heavy atom. The average molecular weight is 324 g/mol. The van der Waals surface area contributed by atoms with Gasteiger partial charge < -0.3 is 15.5 Å². The van der Waals surface area contributed by atoms with Crippen molar-refractivity contribution >= 4 is 5.69 Å². The van der Waals surface area contributed by atoms with Crippen molar-refractivity contribution in [2.24, 2.45) is 11.8 Å². The number of nitrogen functional groups attached to an aromatic ring is 1. The third-order valence-electron chi connectivity index (χ3n) is 6.29. The van der Waals surface area contributed by atoms with E-state index in [0.717, 1.165) is 23.3 Å². The summed E-state index contributed by atoms with van der Waals surface area (Å²) < 4.78 is 5.52. The number of aromatic nitrogens is 1. The van der Waals surface area contributed by atoms with Gasteiger partial charge in [-0.3, -0.25) is 0 Å². The van der Waals surface area contributed by atoms with Crippen LogP contribution in [-0.4, -0.2) is 12.1 Å². The minimum absolute atomic E-state index is 0.628. The Morgan fingerprint density at radius 2 is 1.92 bits per heavy atom. The summed E-state index contributed by atoms with van der Waals surface area (Å²) in [6.07, 6.45) is 13.8. The maximum atomic E-state index is 6.21. The number of hydrogen-bond acceptors (Lipinski definition) is 2. The highest BCUT2D eigenvalue weighted by Crippen LogP contribution is 2.48. The summed E-state index contributed by atoms with van der Waals surface area (Å²) in [4.78, 5) is 3.18. The van der Waals surface area contributed by atoms with Gasteiger partial charge in [0.2, 0.25) is 0 Å². The predicted molar refractivity (Wildman–Crippen MR) is 99.2 cm³/mol. The number of fused-ring (bicyclic) bond motifs is 1. The molecule has 3 atom stereocenters. The molecule has 2 aliphatic carbocycles. The summed E-state index contributed by atoms with van der Waals surface area (Å²) in [7, 11) is 1.71. The number of benzene rings is 1. The van der Waals surface area contributed by atoms with Crippen LogP contribution in [0, 0.1) is 11.8 Å². The zero-order valence-corrected chi connectivity index (χ0v) is 14.6. The first-order valence-corrected chi connectivity index (χ1v) is 9.37. The second kappa shape index (κ2) is 6.54. The molecule has 2 saturated carbocycles. The number of nitrogens with one attached hydrogen (secondary N) is 1. The van der Waals surface area contributed by atoms with Crippen molar-refractivity contribution in [3.8, 4) is 16.9 Å². The lowest BCUT2D eigenvalue weighted by Crippen LogP contribution is -2.27. The zero-order chi connectivity index (χ0) is 16.5. The van der Waals surface area contributed by atoms with Gasteiger partial charge in [-0.1, -0.05) is 25.7 Å². The van der Waals surface area contributed by atoms with Gasteiger partial charge in [0.05, 0.1) is 12.8 Å². The summed E-state index contributed by atoms with van der Waals surface area (Å²) >= 11 is 0. The Kier molecular flexibility index (Phi) is 4.26. The fraction of sp³-hybridized carbons (Fsp3) is 0.524. The lowest BCUT2D eigenvalue weighted by atomic mass is 9.65. The minimum Gasteiger partial charge on any atom is -0.495 e. The lowest BCUT2D eigenvalue weighted by molar-refractivity contribution is 0.155. The predicted octanol–water partition coefficient (Wildman–Crippen LogP) is 5.35. The molecule has 3 N–H and O–H groups in total. The molecule has 128 valence electrons. The second-order valence-corrected chi connectivity index (χ2v) is 7.60. The number of H-pyrrole nitrogens is 1. The first-order valence-electron chi connectivity index (χ1n) is 9.37. The van der Waals surface area contributed by atoms with Gasteiger partial charge in [0.15, 0.2) is 0 Å². The van der Waals surface area contributed by atoms with E-state index in [0.29, 0.717) is 5.92 Å². The monoisotopic (exact) mass is 324 g/mol. The topological polar surface area (TPSA) is 51.0 Å². The third kappa shape index (κ3) is 2.81. The van der Waals surface area contributed by atoms with Gasteiger partial charge in [-0.05, 0) is 71.9 Å². The molecule has 4 rings (SSSR count). The van der Waals surface area contributed by atoms with E-state index in [1.54, 1.807) is 7.11 Å². The standard InChI is InChI=1S/C21H28N2O/c1-24-21-12-19(18(11-20(21)22)17-8-9-23-13-17)16-7-6-14-4-2-3-5-15(14)10-16/h8-9,11-16,23H,2-7,10,22H2,1H3. The van der Waals surface area contributed by atoms with Crippen molar-refractivity contribution in [2.75, 3.05) is 12.8 Å². The minimum atomic E-state index is 0.628. The van der Waals surface area contributed by atoms with Gasteiger partial charge in [0.25, 0.3) is 0 Å². The van der Waals surface area contributed by atoms with Gasteiger partial charge in [-0.2, -0.15) is 0 Å². The zero-order valence-electron chi connectivity index (χ0n) is 14.6. The number of hydrogen-bond donors (Lipinski definition) is 2. The van der Waals surface area contributed by atoms with Gasteiger partial charge in [-0.15, -0.1) is 0 Å². The quantitative estimate of drug-likeness (QED) is 0.748. The number of nitrogens with two attached hydrogens (primary N) is 1. The van der Waals surface area contributed by atoms with E-state index in [4.69, 9.17) is 10.5 Å². The Morgan fingerprint density at radius 1 is 1.08 bits per heavy atom. The maximum Gasteiger partial charge on any atom is 0.142 e. The van der Waals surface area contributed by atoms with Crippen molar-refractivity contribution in [3.63, 3.8) is 0 Å². The van der Waals surface area contributed by atoms with E-state index in [1.165, 1.54) is 61.6 Å². The molecule has 0 aliphatic heterocycles. The molecule has 1 aromatic carbocycles. The summed E-state index contributed by atoms with van der Waals surface area (Å²) in [6.45, 7) is 0. The highest BCUT2D eigenvalue weighted by Gasteiger charge is 2.33. The highest BCUT2D eigenvalue weighted by molar-refractivity contribution is 5.74. The van der Waals surface area contributed by atoms with E-state index >= 15 is 0 Å². The first-order chi connectivity index (χ1) is 11.8. The molecule has 0 radical (unpaired) electrons. The first kappa shape index (κ1) is 15.6. The summed E-state index contributed by atoms with van der Waals surface area (Å²) in [6, 6.07) is 6.44. The molecule has 0 saturated heterocycles. The molecule has 1 aromatic heterocycles. The van der Waals surface area contributed by atoms with Crippen LogP contribution in [0.3, 0.4) is 0 Å². The molecule has 3 nitrogen and oxygen atoms in total. The molecular formula is C21H28N2O. The summed E-state index contributed by atoms with van der Waals surface area (Å²) in [5.74, 6) is 3.33. The molecular weight excluding hydrogens is 296 g/mol. The van der Waals surface area contributed by atoms with E-state index in [-0.39, 0.29) is 0 Å². The van der Waals surface area contributed by atoms with Crippen molar-refractivity contribution in [1.82, 2.24) is 4.98 Å². The fourth-order valence-corrected chi connectivity index (χ4v) is 5.02. The molecule has 3 unspecified atom stereocenters. The normalized spacial score (nSPS) is 26.8. The lowest BCUT2D eigenvalue weighted by Gasteiger charge is -2.40. The largest absolute Gasteiger partial charge is 0.495 e. The van der Waals surface area contributed by atoms with Crippen molar-refractivity contribution < 1.29 is 4.74 Å². The maximum absolute atomic E-state index is 6.21. The van der Waals surface area contributed by atoms with Crippen molar-refractivity contribution in [2.45, 2.75) is 50.9 Å². The molecule has 3 heteroatoms. The average Bonchev–Trinajstić information content (AvgIpc) is 3.15. The van der Waals surface area contributed by atoms with Gasteiger partial charge >= 0.3 is 0 Å². The van der Waals surface area contributed by atoms with E-state index in [1.807, 2.05) is 6.20 Å². The molecule has 2 aliphatic rings. The number of ether oxygens (including phenoxy) is 1. The Hall–Kier alpha value is -1.90. The fourth-order valence-electron chi connectivity index (χ4n) is 5.02. The van der Waals surface area contributed by atoms with Crippen LogP contribution in [0.4, 0.5) is 5.69 Å². The Bertz CT molecular complexity index is 692. The second-order valence-electron chi connectivity index (χ2n) is 7.60. The summed E-state index contributed by atoms with van der Waals surface area (Å²) in [5, 5.41) is 0.